The Morgan fingerprint density at radius 1 is 1.07 bits per heavy atom. The summed E-state index contributed by atoms with van der Waals surface area (Å²) in [6, 6.07) is 14.3. The summed E-state index contributed by atoms with van der Waals surface area (Å²) in [5.74, 6) is -0.910. The Kier molecular flexibility index (Phi) is 9.45. The fraction of sp³-hybridized carbons (Fsp3) is 0.267. The van der Waals surface area contributed by atoms with E-state index in [9.17, 15) is 19.8 Å². The molecule has 11 heteroatoms. The van der Waals surface area contributed by atoms with Crippen LogP contribution in [0.2, 0.25) is 0 Å². The Morgan fingerprint density at radius 3 is 2.54 bits per heavy atom. The molecule has 2 heterocycles. The van der Waals surface area contributed by atoms with E-state index in [0.29, 0.717) is 53.8 Å². The van der Waals surface area contributed by atoms with Crippen LogP contribution in [0.5, 0.6) is 11.5 Å². The highest BCUT2D eigenvalue weighted by Gasteiger charge is 2.20. The van der Waals surface area contributed by atoms with E-state index in [1.54, 1.807) is 36.9 Å². The monoisotopic (exact) mass is 559 g/mol. The van der Waals surface area contributed by atoms with Crippen LogP contribution in [0, 0.1) is 6.92 Å². The number of hydrogen-bond donors (Lipinski definition) is 3. The van der Waals surface area contributed by atoms with Crippen LogP contribution >= 0.6 is 0 Å². The molecule has 41 heavy (non-hydrogen) atoms. The maximum Gasteiger partial charge on any atom is 0.356 e. The van der Waals surface area contributed by atoms with Gasteiger partial charge in [-0.25, -0.2) is 19.6 Å². The molecule has 0 amide bonds. The van der Waals surface area contributed by atoms with Gasteiger partial charge >= 0.3 is 11.9 Å². The zero-order valence-electron chi connectivity index (χ0n) is 23.4. The second-order valence-corrected chi connectivity index (χ2v) is 9.59. The van der Waals surface area contributed by atoms with Crippen molar-refractivity contribution < 1.29 is 29.3 Å². The van der Waals surface area contributed by atoms with Gasteiger partial charge in [-0.3, -0.25) is 9.47 Å². The van der Waals surface area contributed by atoms with Gasteiger partial charge in [-0.2, -0.15) is 0 Å². The predicted octanol–water partition coefficient (Wildman–Crippen LogP) is 4.23. The van der Waals surface area contributed by atoms with Gasteiger partial charge < -0.3 is 25.0 Å². The van der Waals surface area contributed by atoms with Gasteiger partial charge in [-0.1, -0.05) is 18.2 Å². The van der Waals surface area contributed by atoms with Crippen LogP contribution in [0.3, 0.4) is 0 Å². The van der Waals surface area contributed by atoms with Crippen LogP contribution in [-0.2, 0) is 17.8 Å². The molecule has 0 spiro atoms. The molecule has 0 radical (unpaired) electrons. The average molecular weight is 560 g/mol. The van der Waals surface area contributed by atoms with E-state index < -0.39 is 11.9 Å². The molecule has 2 aromatic carbocycles. The molecule has 0 aliphatic carbocycles. The predicted molar refractivity (Wildman–Crippen MR) is 153 cm³/mol. The van der Waals surface area contributed by atoms with E-state index in [1.165, 1.54) is 12.4 Å². The third-order valence-corrected chi connectivity index (χ3v) is 6.52. The highest BCUT2D eigenvalue weighted by atomic mass is 16.5. The highest BCUT2D eigenvalue weighted by Crippen LogP contribution is 2.34. The molecule has 0 bridgehead atoms. The van der Waals surface area contributed by atoms with Crippen LogP contribution < -0.4 is 10.1 Å². The first-order chi connectivity index (χ1) is 19.7. The first-order valence-electron chi connectivity index (χ1n) is 12.9. The van der Waals surface area contributed by atoms with Gasteiger partial charge in [0.15, 0.2) is 5.69 Å². The molecule has 0 aliphatic rings. The lowest BCUT2D eigenvalue weighted by atomic mass is 10.0. The standard InChI is InChI=1S/C30H33N5O6/c1-19-27(30(38)39)33-18-35(19)28-25(11-20(15-31-2)16-32-28)22-12-23(29(36)37)14-24(13-22)41-26-8-6-5-7-21(26)17-34(3)9-10-40-4/h5-8,11-14,16,18,31H,9-10,15,17H2,1-4H3,(H,36,37)(H,38,39). The van der Waals surface area contributed by atoms with E-state index in [1.807, 2.05) is 44.4 Å². The van der Waals surface area contributed by atoms with Crippen LogP contribution in [0.15, 0.2) is 61.1 Å². The molecule has 4 aromatic rings. The first-order valence-corrected chi connectivity index (χ1v) is 12.9. The fourth-order valence-electron chi connectivity index (χ4n) is 4.45. The average Bonchev–Trinajstić information content (AvgIpc) is 3.34. The number of carboxylic acids is 2. The van der Waals surface area contributed by atoms with Crippen molar-refractivity contribution in [3.63, 3.8) is 0 Å². The van der Waals surface area contributed by atoms with Crippen molar-refractivity contribution in [1.82, 2.24) is 24.8 Å². The molecular weight excluding hydrogens is 526 g/mol. The zero-order valence-corrected chi connectivity index (χ0v) is 23.4. The molecule has 2 aromatic heterocycles. The van der Waals surface area contributed by atoms with Gasteiger partial charge in [0.05, 0.1) is 17.9 Å². The number of nitrogens with zero attached hydrogens (tertiary/aromatic N) is 4. The van der Waals surface area contributed by atoms with Crippen molar-refractivity contribution >= 4 is 11.9 Å². The number of methoxy groups -OCH3 is 1. The number of aromatic nitrogens is 3. The smallest absolute Gasteiger partial charge is 0.356 e. The summed E-state index contributed by atoms with van der Waals surface area (Å²) in [6.07, 6.45) is 3.08. The summed E-state index contributed by atoms with van der Waals surface area (Å²) >= 11 is 0. The van der Waals surface area contributed by atoms with Crippen LogP contribution in [-0.4, -0.2) is 75.9 Å². The summed E-state index contributed by atoms with van der Waals surface area (Å²) in [6.45, 7) is 4.11. The largest absolute Gasteiger partial charge is 0.478 e. The number of aromatic carboxylic acids is 2. The van der Waals surface area contributed by atoms with E-state index >= 15 is 0 Å². The van der Waals surface area contributed by atoms with Crippen LogP contribution in [0.1, 0.15) is 37.7 Å². The Morgan fingerprint density at radius 2 is 1.85 bits per heavy atom. The van der Waals surface area contributed by atoms with Gasteiger partial charge in [-0.05, 0) is 62.5 Å². The van der Waals surface area contributed by atoms with Crippen LogP contribution in [0.25, 0.3) is 16.9 Å². The first kappa shape index (κ1) is 29.4. The molecule has 0 saturated carbocycles. The van der Waals surface area contributed by atoms with Crippen molar-refractivity contribution in [3.05, 3.63) is 89.1 Å². The molecule has 3 N–H and O–H groups in total. The minimum absolute atomic E-state index is 0.0331. The number of pyridine rings is 1. The summed E-state index contributed by atoms with van der Waals surface area (Å²) in [7, 11) is 5.46. The molecule has 0 unspecified atom stereocenters. The number of carbonyl (C=O) groups is 2. The number of hydrogen-bond acceptors (Lipinski definition) is 8. The Bertz CT molecular complexity index is 1550. The molecule has 0 saturated heterocycles. The SMILES string of the molecule is CNCc1cnc(-n2cnc(C(=O)O)c2C)c(-c2cc(Oc3ccccc3CN(C)CCOC)cc(C(=O)O)c2)c1. The second-order valence-electron chi connectivity index (χ2n) is 9.59. The topological polar surface area (TPSA) is 139 Å². The number of nitrogens with one attached hydrogen (secondary N) is 1. The van der Waals surface area contributed by atoms with Crippen molar-refractivity contribution in [2.24, 2.45) is 0 Å². The van der Waals surface area contributed by atoms with E-state index in [4.69, 9.17) is 9.47 Å². The van der Waals surface area contributed by atoms with Crippen LogP contribution in [0.4, 0.5) is 0 Å². The maximum absolute atomic E-state index is 12.2. The van der Waals surface area contributed by atoms with E-state index in [0.717, 1.165) is 17.7 Å². The number of imidazole rings is 1. The molecule has 0 fully saturated rings. The Labute approximate surface area is 238 Å². The van der Waals surface area contributed by atoms with Gasteiger partial charge in [0.2, 0.25) is 0 Å². The van der Waals surface area contributed by atoms with Gasteiger partial charge in [0.25, 0.3) is 0 Å². The molecule has 0 atom stereocenters. The minimum atomic E-state index is -1.15. The van der Waals surface area contributed by atoms with Crippen molar-refractivity contribution in [2.75, 3.05) is 34.4 Å². The summed E-state index contributed by atoms with van der Waals surface area (Å²) in [5, 5.41) is 22.6. The maximum atomic E-state index is 12.2. The number of benzene rings is 2. The number of para-hydroxylation sites is 1. The molecule has 214 valence electrons. The normalized spacial score (nSPS) is 11.1. The molecule has 4 rings (SSSR count). The summed E-state index contributed by atoms with van der Waals surface area (Å²) in [4.78, 5) is 34.6. The second kappa shape index (κ2) is 13.2. The lowest BCUT2D eigenvalue weighted by Crippen LogP contribution is -2.22. The van der Waals surface area contributed by atoms with Crippen molar-refractivity contribution in [2.45, 2.75) is 20.0 Å². The number of carboxylic acid groups (broad SMARTS) is 2. The summed E-state index contributed by atoms with van der Waals surface area (Å²) < 4.78 is 13.1. The lowest BCUT2D eigenvalue weighted by Gasteiger charge is -2.19. The third kappa shape index (κ3) is 6.95. The molecule has 11 nitrogen and oxygen atoms in total. The zero-order chi connectivity index (χ0) is 29.5. The fourth-order valence-corrected chi connectivity index (χ4v) is 4.45. The van der Waals surface area contributed by atoms with Gasteiger partial charge in [0.1, 0.15) is 23.6 Å². The van der Waals surface area contributed by atoms with Gasteiger partial charge in [0, 0.05) is 44.1 Å². The highest BCUT2D eigenvalue weighted by molar-refractivity contribution is 5.91. The Hall–Kier alpha value is -4.58. The number of ether oxygens (including phenoxy) is 2. The lowest BCUT2D eigenvalue weighted by molar-refractivity contribution is 0.0682. The number of likely N-dealkylation sites (N-methyl/N-ethyl adjacent to an activating group) is 1. The van der Waals surface area contributed by atoms with Crippen molar-refractivity contribution in [3.8, 4) is 28.4 Å². The van der Waals surface area contributed by atoms with E-state index in [-0.39, 0.29) is 11.3 Å². The molecule has 0 aliphatic heterocycles. The minimum Gasteiger partial charge on any atom is -0.478 e. The van der Waals surface area contributed by atoms with E-state index in [2.05, 4.69) is 20.2 Å². The third-order valence-electron chi connectivity index (χ3n) is 6.52. The Balaban J connectivity index is 1.81. The van der Waals surface area contributed by atoms with Crippen molar-refractivity contribution in [1.29, 1.82) is 0 Å². The quantitative estimate of drug-likeness (QED) is 0.218. The number of rotatable bonds is 13. The van der Waals surface area contributed by atoms with Gasteiger partial charge in [-0.15, -0.1) is 0 Å². The summed E-state index contributed by atoms with van der Waals surface area (Å²) in [5.41, 5.74) is 3.26. The molecular formula is C30H33N5O6.